The molecule has 0 aliphatic carbocycles. The number of nitrogens with one attached hydrogen (secondary N) is 1. The van der Waals surface area contributed by atoms with Gasteiger partial charge in [-0.2, -0.15) is 0 Å². The van der Waals surface area contributed by atoms with Crippen LogP contribution in [0.5, 0.6) is 0 Å². The summed E-state index contributed by atoms with van der Waals surface area (Å²) < 4.78 is 34.6. The predicted octanol–water partition coefficient (Wildman–Crippen LogP) is 16.5. The van der Waals surface area contributed by atoms with Crippen LogP contribution >= 0.6 is 0 Å². The molecule has 3 rings (SSSR count). The molecule has 105 heavy (non-hydrogen) atoms. The summed E-state index contributed by atoms with van der Waals surface area (Å²) in [6.07, 6.45) is 53.7. The Kier molecular flexibility index (Phi) is 62.8. The largest absolute Gasteiger partial charge is 0.394 e. The fourth-order valence-corrected chi connectivity index (χ4v) is 15.8. The lowest BCUT2D eigenvalue weighted by molar-refractivity contribution is -0.379. The van der Waals surface area contributed by atoms with Crippen LogP contribution in [0, 0.1) is 0 Å². The van der Waals surface area contributed by atoms with E-state index in [1.165, 1.54) is 334 Å². The maximum Gasteiger partial charge on any atom is 0.220 e. The second-order valence-corrected chi connectivity index (χ2v) is 32.4. The van der Waals surface area contributed by atoms with Crippen LogP contribution < -0.4 is 5.32 Å². The number of carbonyl (C=O) groups is 1. The molecule has 0 bridgehead atoms. The van der Waals surface area contributed by atoms with E-state index in [0.29, 0.717) is 12.8 Å². The third-order valence-corrected chi connectivity index (χ3v) is 22.9. The van der Waals surface area contributed by atoms with Crippen molar-refractivity contribution in [2.24, 2.45) is 0 Å². The number of ether oxygens (including phenoxy) is 6. The topological polar surface area (TPSA) is 307 Å². The van der Waals surface area contributed by atoms with E-state index in [-0.39, 0.29) is 18.9 Å². The Morgan fingerprint density at radius 3 is 0.829 bits per heavy atom. The second kappa shape index (κ2) is 67.3. The first-order valence-electron chi connectivity index (χ1n) is 44.8. The first-order chi connectivity index (χ1) is 51.3. The SMILES string of the molecule is CCCCCCCCCCCCCCCCCCCCCCCCCCCCCCCCCCCCCCC(=O)NC(COC1OC(CO)C(OC2OC(CO)C(OC3OC(CO)C(O)C(O)C3O)C(O)C2O)C(O)C1O)C(O)CCCCCCCCCCCCCCCCCCCCCCCCCC. The van der Waals surface area contributed by atoms with Crippen LogP contribution in [0.25, 0.3) is 0 Å². The van der Waals surface area contributed by atoms with Gasteiger partial charge in [-0.05, 0) is 12.8 Å². The minimum atomic E-state index is -1.97. The number of hydrogen-bond donors (Lipinski definition) is 12. The van der Waals surface area contributed by atoms with Crippen molar-refractivity contribution in [2.45, 2.75) is 516 Å². The smallest absolute Gasteiger partial charge is 0.220 e. The number of carbonyl (C=O) groups excluding carboxylic acids is 1. The molecule has 17 atom stereocenters. The van der Waals surface area contributed by atoms with Crippen molar-refractivity contribution in [3.8, 4) is 0 Å². The number of unbranched alkanes of at least 4 members (excludes halogenated alkanes) is 58. The van der Waals surface area contributed by atoms with E-state index >= 15 is 0 Å². The molecule has 624 valence electrons. The molecule has 19 nitrogen and oxygen atoms in total. The standard InChI is InChI=1S/C86H167NO18/c1-3-5-7-9-11-13-15-17-19-21-23-25-27-29-30-31-32-33-34-35-36-37-38-39-40-42-44-46-48-50-52-54-56-58-60-62-64-74(92)87-69(70(91)63-61-59-57-55-53-51-49-47-45-43-41-28-26-24-22-20-18-16-14-12-10-8-6-4-2)68-100-84-80(98)77(95)82(72(66-89)102-84)105-86-81(99)78(96)83(73(67-90)103-86)104-85-79(97)76(94)75(93)71(65-88)101-85/h69-73,75-86,88-91,93-99H,3-68H2,1-2H3,(H,87,92). The van der Waals surface area contributed by atoms with Crippen molar-refractivity contribution >= 4 is 5.91 Å². The molecule has 3 fully saturated rings. The minimum Gasteiger partial charge on any atom is -0.394 e. The highest BCUT2D eigenvalue weighted by atomic mass is 16.8. The summed E-state index contributed by atoms with van der Waals surface area (Å²) in [5.74, 6) is -0.231. The van der Waals surface area contributed by atoms with E-state index in [4.69, 9.17) is 28.4 Å². The Morgan fingerprint density at radius 2 is 0.543 bits per heavy atom. The van der Waals surface area contributed by atoms with Gasteiger partial charge in [0.1, 0.15) is 73.2 Å². The molecule has 0 aromatic rings. The van der Waals surface area contributed by atoms with E-state index in [2.05, 4.69) is 19.2 Å². The van der Waals surface area contributed by atoms with Crippen LogP contribution in [-0.4, -0.2) is 193 Å². The fourth-order valence-electron chi connectivity index (χ4n) is 15.8. The number of aliphatic hydroxyl groups excluding tert-OH is 11. The zero-order chi connectivity index (χ0) is 76.0. The van der Waals surface area contributed by atoms with Gasteiger partial charge in [0.05, 0.1) is 38.6 Å². The normalized spacial score (nSPS) is 25.7. The number of rotatable bonds is 74. The van der Waals surface area contributed by atoms with E-state index in [1.54, 1.807) is 0 Å². The Hall–Kier alpha value is -1.21. The van der Waals surface area contributed by atoms with E-state index < -0.39 is 124 Å². The van der Waals surface area contributed by atoms with E-state index in [1.807, 2.05) is 0 Å². The van der Waals surface area contributed by atoms with E-state index in [0.717, 1.165) is 44.9 Å². The zero-order valence-corrected chi connectivity index (χ0v) is 67.3. The highest BCUT2D eigenvalue weighted by molar-refractivity contribution is 5.76. The van der Waals surface area contributed by atoms with Crippen molar-refractivity contribution in [3.05, 3.63) is 0 Å². The van der Waals surface area contributed by atoms with Gasteiger partial charge in [0.2, 0.25) is 5.91 Å². The summed E-state index contributed by atoms with van der Waals surface area (Å²) in [6, 6.07) is -0.884. The van der Waals surface area contributed by atoms with Crippen LogP contribution in [0.15, 0.2) is 0 Å². The highest BCUT2D eigenvalue weighted by Gasteiger charge is 2.54. The molecule has 0 saturated carbocycles. The average Bonchev–Trinajstić information content (AvgIpc) is 0.781. The van der Waals surface area contributed by atoms with Crippen LogP contribution in [0.3, 0.4) is 0 Å². The summed E-state index contributed by atoms with van der Waals surface area (Å²) in [6.45, 7) is 1.89. The molecule has 12 N–H and O–H groups in total. The minimum absolute atomic E-state index is 0.231. The molecule has 0 radical (unpaired) electrons. The van der Waals surface area contributed by atoms with Crippen molar-refractivity contribution in [3.63, 3.8) is 0 Å². The Morgan fingerprint density at radius 1 is 0.305 bits per heavy atom. The van der Waals surface area contributed by atoms with Gasteiger partial charge in [-0.1, -0.05) is 393 Å². The summed E-state index contributed by atoms with van der Waals surface area (Å²) in [5.41, 5.74) is 0. The lowest BCUT2D eigenvalue weighted by atomic mass is 9.96. The third kappa shape index (κ3) is 46.5. The maximum absolute atomic E-state index is 13.5. The molecule has 3 aliphatic heterocycles. The molecule has 3 saturated heterocycles. The molecule has 3 aliphatic rings. The van der Waals surface area contributed by atoms with Crippen molar-refractivity contribution < 1.29 is 89.4 Å². The van der Waals surface area contributed by atoms with Crippen molar-refractivity contribution in [1.82, 2.24) is 5.32 Å². The molecular formula is C86H167NO18. The average molecular weight is 1500 g/mol. The molecule has 0 aromatic carbocycles. The van der Waals surface area contributed by atoms with Crippen LogP contribution in [0.1, 0.15) is 412 Å². The molecule has 0 spiro atoms. The van der Waals surface area contributed by atoms with Gasteiger partial charge in [0, 0.05) is 6.42 Å². The number of amides is 1. The monoisotopic (exact) mass is 1500 g/mol. The van der Waals surface area contributed by atoms with Crippen molar-refractivity contribution in [1.29, 1.82) is 0 Å². The fraction of sp³-hybridized carbons (Fsp3) is 0.988. The third-order valence-electron chi connectivity index (χ3n) is 22.9. The quantitative estimate of drug-likeness (QED) is 0.0252. The summed E-state index contributed by atoms with van der Waals surface area (Å²) in [5, 5.41) is 121. The first kappa shape index (κ1) is 98.0. The Bertz CT molecular complexity index is 1890. The highest BCUT2D eigenvalue weighted by Crippen LogP contribution is 2.34. The maximum atomic E-state index is 13.5. The Balaban J connectivity index is 1.30. The molecule has 17 unspecified atom stereocenters. The summed E-state index contributed by atoms with van der Waals surface area (Å²) in [7, 11) is 0. The van der Waals surface area contributed by atoms with E-state index in [9.17, 15) is 61.0 Å². The zero-order valence-electron chi connectivity index (χ0n) is 67.3. The Labute approximate surface area is 640 Å². The second-order valence-electron chi connectivity index (χ2n) is 32.4. The molecule has 3 heterocycles. The predicted molar refractivity (Wildman–Crippen MR) is 421 cm³/mol. The van der Waals surface area contributed by atoms with Crippen LogP contribution in [0.4, 0.5) is 0 Å². The lowest BCUT2D eigenvalue weighted by Gasteiger charge is -2.48. The van der Waals surface area contributed by atoms with Gasteiger partial charge >= 0.3 is 0 Å². The first-order valence-corrected chi connectivity index (χ1v) is 44.8. The van der Waals surface area contributed by atoms with Gasteiger partial charge in [0.15, 0.2) is 18.9 Å². The summed E-state index contributed by atoms with van der Waals surface area (Å²) in [4.78, 5) is 13.5. The molecule has 19 heteroatoms. The molecule has 0 aromatic heterocycles. The van der Waals surface area contributed by atoms with Crippen LogP contribution in [0.2, 0.25) is 0 Å². The molecule has 1 amide bonds. The molecular weight excluding hydrogens is 1330 g/mol. The van der Waals surface area contributed by atoms with Crippen LogP contribution in [-0.2, 0) is 33.2 Å². The summed E-state index contributed by atoms with van der Waals surface area (Å²) >= 11 is 0. The van der Waals surface area contributed by atoms with Gasteiger partial charge in [-0.25, -0.2) is 0 Å². The van der Waals surface area contributed by atoms with Gasteiger partial charge in [-0.15, -0.1) is 0 Å². The number of hydrogen-bond acceptors (Lipinski definition) is 18. The van der Waals surface area contributed by atoms with Gasteiger partial charge in [-0.3, -0.25) is 4.79 Å². The van der Waals surface area contributed by atoms with Crippen molar-refractivity contribution in [2.75, 3.05) is 26.4 Å². The number of aliphatic hydroxyl groups is 11. The lowest BCUT2D eigenvalue weighted by Crippen LogP contribution is -2.66. The van der Waals surface area contributed by atoms with Gasteiger partial charge < -0.3 is 89.9 Å². The van der Waals surface area contributed by atoms with Gasteiger partial charge in [0.25, 0.3) is 0 Å².